The molecule has 2 amide bonds. The molecule has 0 spiro atoms. The Labute approximate surface area is 204 Å². The van der Waals surface area contributed by atoms with E-state index in [2.05, 4.69) is 5.32 Å². The van der Waals surface area contributed by atoms with E-state index in [4.69, 9.17) is 16.3 Å². The Bertz CT molecular complexity index is 1200. The first-order valence-corrected chi connectivity index (χ1v) is 11.2. The Kier molecular flexibility index (Phi) is 8.29. The standard InChI is InChI=1S/C27H26ClN3O3/c1-18(21-8-5-7-11-25(21)34-3)16-24(27(33)31(2)17-29)30-26(32)20-14-12-19(13-15-20)22-9-4-6-10-23(22)28/h4-15,18,24H,16H2,1-3H3,(H,30,32)/t18?,24-/m0/s1. The van der Waals surface area contributed by atoms with E-state index in [0.29, 0.717) is 22.8 Å². The number of likely N-dealkylation sites (N-methyl/N-ethyl adjacent to an activating group) is 1. The van der Waals surface area contributed by atoms with Gasteiger partial charge in [0.25, 0.3) is 11.8 Å². The number of rotatable bonds is 8. The van der Waals surface area contributed by atoms with Crippen LogP contribution in [0.4, 0.5) is 0 Å². The van der Waals surface area contributed by atoms with Crippen molar-refractivity contribution in [1.82, 2.24) is 10.2 Å². The molecule has 0 aliphatic heterocycles. The number of hydrogen-bond acceptors (Lipinski definition) is 4. The van der Waals surface area contributed by atoms with Gasteiger partial charge in [-0.15, -0.1) is 0 Å². The first-order valence-electron chi connectivity index (χ1n) is 10.8. The summed E-state index contributed by atoms with van der Waals surface area (Å²) >= 11 is 6.27. The van der Waals surface area contributed by atoms with Gasteiger partial charge in [0.05, 0.1) is 7.11 Å². The number of halogens is 1. The summed E-state index contributed by atoms with van der Waals surface area (Å²) in [4.78, 5) is 26.8. The van der Waals surface area contributed by atoms with E-state index in [1.807, 2.05) is 73.8 Å². The number of ether oxygens (including phenoxy) is 1. The second-order valence-corrected chi connectivity index (χ2v) is 8.37. The lowest BCUT2D eigenvalue weighted by Crippen LogP contribution is -2.46. The molecule has 7 heteroatoms. The summed E-state index contributed by atoms with van der Waals surface area (Å²) in [6, 6.07) is 21.1. The normalized spacial score (nSPS) is 12.2. The van der Waals surface area contributed by atoms with Gasteiger partial charge < -0.3 is 10.1 Å². The maximum absolute atomic E-state index is 13.0. The molecule has 174 valence electrons. The number of carbonyl (C=O) groups excluding carboxylic acids is 2. The van der Waals surface area contributed by atoms with Crippen LogP contribution in [0.3, 0.4) is 0 Å². The third-order valence-corrected chi connectivity index (χ3v) is 6.00. The van der Waals surface area contributed by atoms with Crippen molar-refractivity contribution in [2.45, 2.75) is 25.3 Å². The lowest BCUT2D eigenvalue weighted by Gasteiger charge is -2.24. The van der Waals surface area contributed by atoms with Gasteiger partial charge in [-0.05, 0) is 47.7 Å². The smallest absolute Gasteiger partial charge is 0.257 e. The molecule has 0 aliphatic rings. The molecule has 0 fully saturated rings. The predicted molar refractivity (Wildman–Crippen MR) is 133 cm³/mol. The van der Waals surface area contributed by atoms with E-state index in [0.717, 1.165) is 21.6 Å². The number of methoxy groups -OCH3 is 1. The molecule has 0 saturated carbocycles. The minimum absolute atomic E-state index is 0.111. The topological polar surface area (TPSA) is 82.4 Å². The van der Waals surface area contributed by atoms with Gasteiger partial charge >= 0.3 is 0 Å². The van der Waals surface area contributed by atoms with Crippen LogP contribution in [-0.4, -0.2) is 36.9 Å². The van der Waals surface area contributed by atoms with Crippen molar-refractivity contribution in [2.24, 2.45) is 0 Å². The molecule has 1 N–H and O–H groups in total. The zero-order valence-corrected chi connectivity index (χ0v) is 20.0. The van der Waals surface area contributed by atoms with Gasteiger partial charge in [-0.2, -0.15) is 5.26 Å². The van der Waals surface area contributed by atoms with Crippen LogP contribution < -0.4 is 10.1 Å². The van der Waals surface area contributed by atoms with Crippen LogP contribution >= 0.6 is 11.6 Å². The SMILES string of the molecule is COc1ccccc1C(C)C[C@H](NC(=O)c1ccc(-c2ccccc2Cl)cc1)C(=O)N(C)C#N. The third-order valence-electron chi connectivity index (χ3n) is 5.68. The maximum atomic E-state index is 13.0. The van der Waals surface area contributed by atoms with Crippen molar-refractivity contribution < 1.29 is 14.3 Å². The van der Waals surface area contributed by atoms with Crippen LogP contribution in [0.1, 0.15) is 35.2 Å². The quantitative estimate of drug-likeness (QED) is 0.356. The summed E-state index contributed by atoms with van der Waals surface area (Å²) in [5.41, 5.74) is 3.06. The molecule has 0 radical (unpaired) electrons. The van der Waals surface area contributed by atoms with Crippen LogP contribution in [0.15, 0.2) is 72.8 Å². The maximum Gasteiger partial charge on any atom is 0.257 e. The van der Waals surface area contributed by atoms with Crippen molar-refractivity contribution in [3.8, 4) is 23.1 Å². The first kappa shape index (κ1) is 24.8. The fraction of sp³-hybridized carbons (Fsp3) is 0.222. The van der Waals surface area contributed by atoms with Crippen molar-refractivity contribution in [3.05, 3.63) is 88.9 Å². The summed E-state index contributed by atoms with van der Waals surface area (Å²) in [6.45, 7) is 1.95. The lowest BCUT2D eigenvalue weighted by molar-refractivity contribution is -0.129. The van der Waals surface area contributed by atoms with Gasteiger partial charge in [-0.1, -0.05) is 67.1 Å². The fourth-order valence-electron chi connectivity index (χ4n) is 3.80. The summed E-state index contributed by atoms with van der Waals surface area (Å²) in [6.07, 6.45) is 2.12. The van der Waals surface area contributed by atoms with Crippen LogP contribution in [-0.2, 0) is 4.79 Å². The van der Waals surface area contributed by atoms with Crippen molar-refractivity contribution in [2.75, 3.05) is 14.2 Å². The molecule has 0 heterocycles. The van der Waals surface area contributed by atoms with E-state index >= 15 is 0 Å². The first-order chi connectivity index (χ1) is 16.3. The number of benzene rings is 3. The van der Waals surface area contributed by atoms with Gasteiger partial charge in [0.15, 0.2) is 6.19 Å². The number of hydrogen-bond donors (Lipinski definition) is 1. The minimum Gasteiger partial charge on any atom is -0.496 e. The van der Waals surface area contributed by atoms with Crippen molar-refractivity contribution in [3.63, 3.8) is 0 Å². The molecule has 6 nitrogen and oxygen atoms in total. The van der Waals surface area contributed by atoms with Crippen LogP contribution in [0, 0.1) is 11.5 Å². The van der Waals surface area contributed by atoms with Gasteiger partial charge in [0.1, 0.15) is 11.8 Å². The third kappa shape index (κ3) is 5.75. The average molecular weight is 476 g/mol. The summed E-state index contributed by atoms with van der Waals surface area (Å²) < 4.78 is 5.44. The Morgan fingerprint density at radius 3 is 2.35 bits per heavy atom. The Hall–Kier alpha value is -3.82. The second-order valence-electron chi connectivity index (χ2n) is 7.96. The van der Waals surface area contributed by atoms with Crippen LogP contribution in [0.25, 0.3) is 11.1 Å². The average Bonchev–Trinajstić information content (AvgIpc) is 2.87. The monoisotopic (exact) mass is 475 g/mol. The Balaban J connectivity index is 1.80. The molecule has 3 rings (SSSR count). The van der Waals surface area contributed by atoms with Gasteiger partial charge in [-0.3, -0.25) is 14.5 Å². The molecule has 2 atom stereocenters. The lowest BCUT2D eigenvalue weighted by atomic mass is 9.92. The molecule has 1 unspecified atom stereocenters. The largest absolute Gasteiger partial charge is 0.496 e. The molecule has 0 saturated heterocycles. The van der Waals surface area contributed by atoms with Crippen LogP contribution in [0.2, 0.25) is 5.02 Å². The second kappa shape index (κ2) is 11.4. The van der Waals surface area contributed by atoms with E-state index in [9.17, 15) is 14.9 Å². The number of nitriles is 1. The van der Waals surface area contributed by atoms with Gasteiger partial charge in [-0.25, -0.2) is 0 Å². The van der Waals surface area contributed by atoms with Gasteiger partial charge in [0.2, 0.25) is 0 Å². The highest BCUT2D eigenvalue weighted by atomic mass is 35.5. The number of nitrogens with one attached hydrogen (secondary N) is 1. The molecule has 3 aromatic rings. The van der Waals surface area contributed by atoms with Gasteiger partial charge in [0, 0.05) is 23.2 Å². The zero-order valence-electron chi connectivity index (χ0n) is 19.3. The highest BCUT2D eigenvalue weighted by molar-refractivity contribution is 6.33. The van der Waals surface area contributed by atoms with E-state index in [1.165, 1.54) is 7.05 Å². The van der Waals surface area contributed by atoms with Crippen molar-refractivity contribution in [1.29, 1.82) is 5.26 Å². The Morgan fingerprint density at radius 2 is 1.71 bits per heavy atom. The number of nitrogens with zero attached hydrogens (tertiary/aromatic N) is 2. The summed E-state index contributed by atoms with van der Waals surface area (Å²) in [5, 5.41) is 12.6. The fourth-order valence-corrected chi connectivity index (χ4v) is 4.04. The van der Waals surface area contributed by atoms with E-state index in [1.54, 1.807) is 19.2 Å². The summed E-state index contributed by atoms with van der Waals surface area (Å²) in [7, 11) is 2.97. The number of para-hydroxylation sites is 1. The Morgan fingerprint density at radius 1 is 1.06 bits per heavy atom. The molecule has 34 heavy (non-hydrogen) atoms. The minimum atomic E-state index is -0.889. The van der Waals surface area contributed by atoms with Crippen molar-refractivity contribution >= 4 is 23.4 Å². The zero-order chi connectivity index (χ0) is 24.7. The van der Waals surface area contributed by atoms with E-state index < -0.39 is 17.9 Å². The molecular formula is C27H26ClN3O3. The molecule has 0 bridgehead atoms. The highest BCUT2D eigenvalue weighted by Crippen LogP contribution is 2.30. The predicted octanol–water partition coefficient (Wildman–Crippen LogP) is 5.25. The van der Waals surface area contributed by atoms with E-state index in [-0.39, 0.29) is 5.92 Å². The number of carbonyl (C=O) groups is 2. The number of amides is 2. The highest BCUT2D eigenvalue weighted by Gasteiger charge is 2.28. The summed E-state index contributed by atoms with van der Waals surface area (Å²) in [5.74, 6) is -0.288. The molecule has 0 aromatic heterocycles. The molecule has 0 aliphatic carbocycles. The van der Waals surface area contributed by atoms with Crippen LogP contribution in [0.5, 0.6) is 5.75 Å². The molecule has 3 aromatic carbocycles. The molecular weight excluding hydrogens is 450 g/mol.